The lowest BCUT2D eigenvalue weighted by atomic mass is 10.1. The minimum atomic E-state index is -3.62. The average molecular weight is 388 g/mol. The van der Waals surface area contributed by atoms with Crippen LogP contribution in [0.4, 0.5) is 5.69 Å². The number of ether oxygens (including phenoxy) is 1. The van der Waals surface area contributed by atoms with E-state index in [0.717, 1.165) is 19.3 Å². The van der Waals surface area contributed by atoms with Crippen LogP contribution in [0, 0.1) is 0 Å². The molecule has 2 N–H and O–H groups in total. The largest absolute Gasteiger partial charge is 0.377 e. The number of amides is 1. The summed E-state index contributed by atoms with van der Waals surface area (Å²) in [5, 5.41) is 2.81. The number of benzene rings is 2. The quantitative estimate of drug-likeness (QED) is 0.764. The van der Waals surface area contributed by atoms with Crippen molar-refractivity contribution in [2.45, 2.75) is 37.2 Å². The summed E-state index contributed by atoms with van der Waals surface area (Å²) in [5.41, 5.74) is 2.29. The van der Waals surface area contributed by atoms with E-state index >= 15 is 0 Å². The van der Waals surface area contributed by atoms with Crippen LogP contribution in [0.5, 0.6) is 0 Å². The topological polar surface area (TPSA) is 84.5 Å². The van der Waals surface area contributed by atoms with Gasteiger partial charge in [-0.1, -0.05) is 19.1 Å². The molecule has 1 heterocycles. The maximum absolute atomic E-state index is 12.4. The molecule has 0 saturated carbocycles. The van der Waals surface area contributed by atoms with Gasteiger partial charge < -0.3 is 10.1 Å². The first-order valence-corrected chi connectivity index (χ1v) is 10.6. The van der Waals surface area contributed by atoms with Gasteiger partial charge in [0.05, 0.1) is 11.0 Å². The molecular weight excluding hydrogens is 364 g/mol. The molecule has 1 amide bonds. The first-order chi connectivity index (χ1) is 13.0. The Hall–Kier alpha value is -2.22. The third-order valence-electron chi connectivity index (χ3n) is 4.57. The first kappa shape index (κ1) is 19.5. The van der Waals surface area contributed by atoms with E-state index in [1.165, 1.54) is 29.8 Å². The lowest BCUT2D eigenvalue weighted by Crippen LogP contribution is -2.31. The number of aryl methyl sites for hydroxylation is 1. The molecule has 1 atom stereocenters. The van der Waals surface area contributed by atoms with Crippen LogP contribution in [-0.2, 0) is 21.2 Å². The van der Waals surface area contributed by atoms with Crippen molar-refractivity contribution in [1.29, 1.82) is 0 Å². The van der Waals surface area contributed by atoms with Crippen LogP contribution in [0.15, 0.2) is 53.4 Å². The third-order valence-corrected chi connectivity index (χ3v) is 6.01. The fraction of sp³-hybridized carbons (Fsp3) is 0.350. The van der Waals surface area contributed by atoms with Crippen LogP contribution in [0.2, 0.25) is 0 Å². The van der Waals surface area contributed by atoms with E-state index < -0.39 is 10.0 Å². The number of rotatable bonds is 7. The van der Waals surface area contributed by atoms with Crippen LogP contribution in [0.1, 0.15) is 35.7 Å². The molecule has 1 fully saturated rings. The van der Waals surface area contributed by atoms with Crippen LogP contribution in [0.25, 0.3) is 0 Å². The van der Waals surface area contributed by atoms with Gasteiger partial charge in [-0.15, -0.1) is 0 Å². The van der Waals surface area contributed by atoms with Crippen molar-refractivity contribution in [3.8, 4) is 0 Å². The summed E-state index contributed by atoms with van der Waals surface area (Å²) >= 11 is 0. The summed E-state index contributed by atoms with van der Waals surface area (Å²) in [7, 11) is -3.62. The number of anilines is 1. The maximum Gasteiger partial charge on any atom is 0.255 e. The summed E-state index contributed by atoms with van der Waals surface area (Å²) < 4.78 is 32.7. The lowest BCUT2D eigenvalue weighted by Gasteiger charge is -2.12. The van der Waals surface area contributed by atoms with Crippen molar-refractivity contribution in [1.82, 2.24) is 4.72 Å². The Kier molecular flexibility index (Phi) is 6.26. The maximum atomic E-state index is 12.4. The van der Waals surface area contributed by atoms with E-state index in [0.29, 0.717) is 17.9 Å². The number of carbonyl (C=O) groups is 1. The van der Waals surface area contributed by atoms with Gasteiger partial charge in [0.15, 0.2) is 0 Å². The molecule has 1 saturated heterocycles. The van der Waals surface area contributed by atoms with E-state index in [2.05, 4.69) is 17.0 Å². The molecule has 2 aromatic rings. The molecule has 0 aromatic heterocycles. The second-order valence-corrected chi connectivity index (χ2v) is 8.28. The molecule has 0 unspecified atom stereocenters. The summed E-state index contributed by atoms with van der Waals surface area (Å²) in [5.74, 6) is -0.282. The number of nitrogens with one attached hydrogen (secondary N) is 2. The van der Waals surface area contributed by atoms with E-state index in [-0.39, 0.29) is 23.5 Å². The van der Waals surface area contributed by atoms with E-state index in [4.69, 9.17) is 4.74 Å². The van der Waals surface area contributed by atoms with Gasteiger partial charge in [-0.25, -0.2) is 13.1 Å². The summed E-state index contributed by atoms with van der Waals surface area (Å²) in [6, 6.07) is 13.5. The zero-order chi connectivity index (χ0) is 19.3. The highest BCUT2D eigenvalue weighted by molar-refractivity contribution is 7.89. The van der Waals surface area contributed by atoms with Gasteiger partial charge in [-0.05, 0) is 61.2 Å². The molecule has 0 radical (unpaired) electrons. The number of hydrogen-bond acceptors (Lipinski definition) is 4. The Morgan fingerprint density at radius 3 is 2.41 bits per heavy atom. The molecule has 144 valence electrons. The van der Waals surface area contributed by atoms with E-state index in [1.54, 1.807) is 0 Å². The van der Waals surface area contributed by atoms with Crippen molar-refractivity contribution < 1.29 is 17.9 Å². The molecule has 7 heteroatoms. The van der Waals surface area contributed by atoms with Gasteiger partial charge in [0, 0.05) is 24.4 Å². The lowest BCUT2D eigenvalue weighted by molar-refractivity contribution is 0.102. The highest BCUT2D eigenvalue weighted by Gasteiger charge is 2.20. The normalized spacial score (nSPS) is 17.0. The molecule has 3 rings (SSSR count). The zero-order valence-corrected chi connectivity index (χ0v) is 16.1. The smallest absolute Gasteiger partial charge is 0.255 e. The molecule has 27 heavy (non-hydrogen) atoms. The van der Waals surface area contributed by atoms with Gasteiger partial charge in [0.25, 0.3) is 5.91 Å². The van der Waals surface area contributed by atoms with Gasteiger partial charge in [0.1, 0.15) is 0 Å². The van der Waals surface area contributed by atoms with Crippen molar-refractivity contribution in [2.24, 2.45) is 0 Å². The fourth-order valence-electron chi connectivity index (χ4n) is 2.90. The summed E-state index contributed by atoms with van der Waals surface area (Å²) in [6.45, 7) is 3.01. The Morgan fingerprint density at radius 2 is 1.81 bits per heavy atom. The predicted molar refractivity (Wildman–Crippen MR) is 104 cm³/mol. The highest BCUT2D eigenvalue weighted by Crippen LogP contribution is 2.16. The zero-order valence-electron chi connectivity index (χ0n) is 15.3. The van der Waals surface area contributed by atoms with Gasteiger partial charge in [-0.3, -0.25) is 4.79 Å². The predicted octanol–water partition coefficient (Wildman–Crippen LogP) is 2.96. The molecular formula is C20H24N2O4S. The van der Waals surface area contributed by atoms with E-state index in [1.807, 2.05) is 24.3 Å². The van der Waals surface area contributed by atoms with Crippen LogP contribution < -0.4 is 10.0 Å². The minimum Gasteiger partial charge on any atom is -0.377 e. The van der Waals surface area contributed by atoms with Crippen molar-refractivity contribution in [3.05, 3.63) is 59.7 Å². The average Bonchev–Trinajstić information content (AvgIpc) is 3.21. The molecule has 2 aromatic carbocycles. The first-order valence-electron chi connectivity index (χ1n) is 9.09. The van der Waals surface area contributed by atoms with Gasteiger partial charge in [-0.2, -0.15) is 0 Å². The monoisotopic (exact) mass is 388 g/mol. The van der Waals surface area contributed by atoms with Crippen molar-refractivity contribution >= 4 is 21.6 Å². The van der Waals surface area contributed by atoms with Crippen molar-refractivity contribution in [3.63, 3.8) is 0 Å². The number of carbonyl (C=O) groups excluding carboxylic acids is 1. The standard InChI is InChI=1S/C20H24N2O4S/c1-2-15-5-9-17(10-6-15)22-20(23)16-7-11-19(12-8-16)27(24,25)21-14-18-4-3-13-26-18/h5-12,18,21H,2-4,13-14H2,1H3,(H,22,23)/t18-/m0/s1. The van der Waals surface area contributed by atoms with Crippen LogP contribution in [-0.4, -0.2) is 33.6 Å². The fourth-order valence-corrected chi connectivity index (χ4v) is 3.97. The molecule has 6 nitrogen and oxygen atoms in total. The Balaban J connectivity index is 1.61. The summed E-state index contributed by atoms with van der Waals surface area (Å²) in [6.07, 6.45) is 2.69. The molecule has 1 aliphatic rings. The second kappa shape index (κ2) is 8.65. The summed E-state index contributed by atoms with van der Waals surface area (Å²) in [4.78, 5) is 12.5. The number of hydrogen-bond donors (Lipinski definition) is 2. The van der Waals surface area contributed by atoms with Crippen LogP contribution >= 0.6 is 0 Å². The highest BCUT2D eigenvalue weighted by atomic mass is 32.2. The van der Waals surface area contributed by atoms with Crippen LogP contribution in [0.3, 0.4) is 0 Å². The SMILES string of the molecule is CCc1ccc(NC(=O)c2ccc(S(=O)(=O)NC[C@@H]3CCCO3)cc2)cc1. The number of sulfonamides is 1. The second-order valence-electron chi connectivity index (χ2n) is 6.52. The van der Waals surface area contributed by atoms with Gasteiger partial charge >= 0.3 is 0 Å². The Bertz CT molecular complexity index is 871. The van der Waals surface area contributed by atoms with Gasteiger partial charge in [0.2, 0.25) is 10.0 Å². The molecule has 0 aliphatic carbocycles. The molecule has 0 spiro atoms. The minimum absolute atomic E-state index is 0.0658. The Labute approximate surface area is 160 Å². The Morgan fingerprint density at radius 1 is 1.11 bits per heavy atom. The van der Waals surface area contributed by atoms with E-state index in [9.17, 15) is 13.2 Å². The molecule has 1 aliphatic heterocycles. The third kappa shape index (κ3) is 5.15. The molecule has 0 bridgehead atoms. The van der Waals surface area contributed by atoms with Crippen molar-refractivity contribution in [2.75, 3.05) is 18.5 Å².